The molecular formula is C40H40N2. The summed E-state index contributed by atoms with van der Waals surface area (Å²) < 4.78 is 0. The Morgan fingerprint density at radius 3 is 2.02 bits per heavy atom. The number of nitrogen functional groups attached to an aromatic ring is 1. The molecule has 5 rings (SSSR count). The van der Waals surface area contributed by atoms with Gasteiger partial charge >= 0.3 is 0 Å². The van der Waals surface area contributed by atoms with Crippen LogP contribution in [0, 0.1) is 12.3 Å². The van der Waals surface area contributed by atoms with Gasteiger partial charge in [-0.05, 0) is 68.4 Å². The summed E-state index contributed by atoms with van der Waals surface area (Å²) in [5.41, 5.74) is 13.7. The fraction of sp³-hybridized carbons (Fsp3) is 0.150. The quantitative estimate of drug-likeness (QED) is 0.0832. The summed E-state index contributed by atoms with van der Waals surface area (Å²) in [6.45, 7) is 8.76. The zero-order valence-corrected chi connectivity index (χ0v) is 24.7. The Morgan fingerprint density at radius 1 is 0.810 bits per heavy atom. The molecule has 2 heteroatoms. The van der Waals surface area contributed by atoms with Gasteiger partial charge in [-0.15, -0.1) is 6.42 Å². The molecule has 0 fully saturated rings. The number of anilines is 2. The summed E-state index contributed by atoms with van der Waals surface area (Å²) in [4.78, 5) is 0. The number of rotatable bonds is 9. The Morgan fingerprint density at radius 2 is 1.43 bits per heavy atom. The van der Waals surface area contributed by atoms with Gasteiger partial charge in [-0.25, -0.2) is 0 Å². The number of nitrogens with one attached hydrogen (secondary N) is 1. The number of unbranched alkanes of at least 4 members (excludes halogenated alkanes) is 1. The van der Waals surface area contributed by atoms with Crippen molar-refractivity contribution in [3.63, 3.8) is 0 Å². The van der Waals surface area contributed by atoms with Crippen LogP contribution in [0.1, 0.15) is 43.4 Å². The SMILES string of the molecule is C#Cc1ccccc1/C=C\Cc1c2ccccc2c(-c2ccc(NC/C=C\C=C)c(N)c2)c2ccccc12.CCCC. The van der Waals surface area contributed by atoms with E-state index in [0.29, 0.717) is 6.54 Å². The Labute approximate surface area is 251 Å². The first-order valence-electron chi connectivity index (χ1n) is 14.7. The number of hydrogen-bond donors (Lipinski definition) is 2. The summed E-state index contributed by atoms with van der Waals surface area (Å²) in [6.07, 6.45) is 19.2. The maximum atomic E-state index is 6.51. The Kier molecular flexibility index (Phi) is 10.8. The van der Waals surface area contributed by atoms with Crippen LogP contribution in [0.4, 0.5) is 11.4 Å². The van der Waals surface area contributed by atoms with Crippen LogP contribution in [0.2, 0.25) is 0 Å². The lowest BCUT2D eigenvalue weighted by molar-refractivity contribution is 0.886. The van der Waals surface area contributed by atoms with Crippen LogP contribution in [-0.2, 0) is 6.42 Å². The number of fused-ring (bicyclic) bond motifs is 2. The fourth-order valence-corrected chi connectivity index (χ4v) is 5.04. The summed E-state index contributed by atoms with van der Waals surface area (Å²) in [5, 5.41) is 8.29. The van der Waals surface area contributed by atoms with Crippen molar-refractivity contribution in [1.82, 2.24) is 0 Å². The van der Waals surface area contributed by atoms with Gasteiger partial charge in [0, 0.05) is 12.1 Å². The topological polar surface area (TPSA) is 38.0 Å². The highest BCUT2D eigenvalue weighted by Gasteiger charge is 2.15. The summed E-state index contributed by atoms with van der Waals surface area (Å²) in [7, 11) is 0. The standard InChI is InChI=1S/C36H30N2.C4H10/c1-3-5-12-24-38-35-23-22-28(25-34(35)37)36-32-19-10-8-17-30(32)29(31-18-9-11-20-33(31)36)21-13-16-27-15-7-6-14-26(27)4-2;1-3-4-2/h2-3,5-20,22-23,25,38H,1,21,24,37H2;3-4H2,1-2H3/b12-5-,16-13-;. The molecular weight excluding hydrogens is 508 g/mol. The Bertz CT molecular complexity index is 1710. The molecule has 5 aromatic rings. The Balaban J connectivity index is 0.000000952. The third-order valence-corrected chi connectivity index (χ3v) is 7.30. The second kappa shape index (κ2) is 15.1. The molecule has 0 saturated heterocycles. The van der Waals surface area contributed by atoms with Crippen molar-refractivity contribution in [2.75, 3.05) is 17.6 Å². The van der Waals surface area contributed by atoms with Gasteiger partial charge in [0.2, 0.25) is 0 Å². The zero-order valence-electron chi connectivity index (χ0n) is 24.7. The van der Waals surface area contributed by atoms with E-state index in [2.05, 4.69) is 117 Å². The minimum Gasteiger partial charge on any atom is -0.397 e. The van der Waals surface area contributed by atoms with E-state index in [1.807, 2.05) is 30.4 Å². The molecule has 42 heavy (non-hydrogen) atoms. The van der Waals surface area contributed by atoms with Crippen molar-refractivity contribution < 1.29 is 0 Å². The van der Waals surface area contributed by atoms with Crippen molar-refractivity contribution in [3.8, 4) is 23.5 Å². The first-order valence-corrected chi connectivity index (χ1v) is 14.7. The average molecular weight is 549 g/mol. The van der Waals surface area contributed by atoms with Gasteiger partial charge in [-0.3, -0.25) is 0 Å². The van der Waals surface area contributed by atoms with Gasteiger partial charge < -0.3 is 11.1 Å². The Hall–Kier alpha value is -5.00. The van der Waals surface area contributed by atoms with E-state index in [4.69, 9.17) is 12.2 Å². The molecule has 210 valence electrons. The molecule has 2 nitrogen and oxygen atoms in total. The molecule has 0 aromatic heterocycles. The lowest BCUT2D eigenvalue weighted by Gasteiger charge is -2.18. The molecule has 0 aliphatic carbocycles. The van der Waals surface area contributed by atoms with Gasteiger partial charge in [0.05, 0.1) is 11.4 Å². The van der Waals surface area contributed by atoms with Gasteiger partial charge in [-0.1, -0.05) is 142 Å². The van der Waals surface area contributed by atoms with Crippen LogP contribution in [0.15, 0.2) is 122 Å². The van der Waals surface area contributed by atoms with Gasteiger partial charge in [-0.2, -0.15) is 0 Å². The van der Waals surface area contributed by atoms with E-state index in [0.717, 1.165) is 34.5 Å². The predicted molar refractivity (Wildman–Crippen MR) is 187 cm³/mol. The van der Waals surface area contributed by atoms with E-state index in [9.17, 15) is 0 Å². The second-order valence-electron chi connectivity index (χ2n) is 10.1. The maximum absolute atomic E-state index is 6.51. The van der Waals surface area contributed by atoms with Crippen molar-refractivity contribution >= 4 is 39.0 Å². The highest BCUT2D eigenvalue weighted by molar-refractivity contribution is 6.15. The average Bonchev–Trinajstić information content (AvgIpc) is 3.03. The molecule has 0 radical (unpaired) electrons. The number of terminal acetylenes is 1. The van der Waals surface area contributed by atoms with Crippen LogP contribution in [0.25, 0.3) is 38.7 Å². The molecule has 0 aliphatic heterocycles. The van der Waals surface area contributed by atoms with Crippen molar-refractivity contribution in [2.24, 2.45) is 0 Å². The van der Waals surface area contributed by atoms with Gasteiger partial charge in [0.1, 0.15) is 0 Å². The van der Waals surface area contributed by atoms with E-state index < -0.39 is 0 Å². The molecule has 0 spiro atoms. The molecule has 0 unspecified atom stereocenters. The lowest BCUT2D eigenvalue weighted by Crippen LogP contribution is -2.02. The molecule has 0 saturated carbocycles. The maximum Gasteiger partial charge on any atom is 0.0576 e. The minimum atomic E-state index is 0.690. The third-order valence-electron chi connectivity index (χ3n) is 7.30. The highest BCUT2D eigenvalue weighted by atomic mass is 14.9. The van der Waals surface area contributed by atoms with Crippen LogP contribution >= 0.6 is 0 Å². The van der Waals surface area contributed by atoms with Crippen LogP contribution in [0.3, 0.4) is 0 Å². The summed E-state index contributed by atoms with van der Waals surface area (Å²) >= 11 is 0. The predicted octanol–water partition coefficient (Wildman–Crippen LogP) is 10.4. The van der Waals surface area contributed by atoms with E-state index in [1.54, 1.807) is 6.08 Å². The van der Waals surface area contributed by atoms with E-state index in [-0.39, 0.29) is 0 Å². The van der Waals surface area contributed by atoms with Crippen molar-refractivity contribution in [3.05, 3.63) is 139 Å². The first-order chi connectivity index (χ1) is 20.6. The molecule has 0 bridgehead atoms. The smallest absolute Gasteiger partial charge is 0.0576 e. The first kappa shape index (κ1) is 30.0. The molecule has 0 aliphatic rings. The number of nitrogens with two attached hydrogens (primary N) is 1. The van der Waals surface area contributed by atoms with Crippen LogP contribution < -0.4 is 11.1 Å². The number of allylic oxidation sites excluding steroid dienone is 3. The minimum absolute atomic E-state index is 0.690. The number of benzene rings is 5. The van der Waals surface area contributed by atoms with Crippen molar-refractivity contribution in [1.29, 1.82) is 0 Å². The second-order valence-corrected chi connectivity index (χ2v) is 10.1. The molecule has 5 aromatic carbocycles. The van der Waals surface area contributed by atoms with Crippen molar-refractivity contribution in [2.45, 2.75) is 33.1 Å². The molecule has 0 atom stereocenters. The molecule has 3 N–H and O–H groups in total. The zero-order chi connectivity index (χ0) is 29.7. The highest BCUT2D eigenvalue weighted by Crippen LogP contribution is 2.41. The third kappa shape index (κ3) is 7.00. The van der Waals surface area contributed by atoms with Gasteiger partial charge in [0.15, 0.2) is 0 Å². The molecule has 0 amide bonds. The number of hydrogen-bond acceptors (Lipinski definition) is 2. The fourth-order valence-electron chi connectivity index (χ4n) is 5.04. The summed E-state index contributed by atoms with van der Waals surface area (Å²) in [5.74, 6) is 2.78. The summed E-state index contributed by atoms with van der Waals surface area (Å²) in [6, 6.07) is 31.6. The molecule has 0 heterocycles. The van der Waals surface area contributed by atoms with Gasteiger partial charge in [0.25, 0.3) is 0 Å². The van der Waals surface area contributed by atoms with E-state index >= 15 is 0 Å². The monoisotopic (exact) mass is 548 g/mol. The van der Waals surface area contributed by atoms with E-state index in [1.165, 1.54) is 45.5 Å². The van der Waals surface area contributed by atoms with Crippen LogP contribution in [-0.4, -0.2) is 6.54 Å². The largest absolute Gasteiger partial charge is 0.397 e. The normalized spacial score (nSPS) is 11.0. The lowest BCUT2D eigenvalue weighted by atomic mass is 9.87. The van der Waals surface area contributed by atoms with Crippen LogP contribution in [0.5, 0.6) is 0 Å².